The smallest absolute Gasteiger partial charge is 0.328 e. The van der Waals surface area contributed by atoms with Crippen molar-refractivity contribution in [3.8, 4) is 22.7 Å². The SMILES string of the molecule is COc1ccc(-n2nc3c4ccccc4n(C(=O)N4CCN(C)CC4)cc-3c2=O)cc1. The molecule has 1 fully saturated rings. The number of fused-ring (bicyclic) bond motifs is 3. The topological polar surface area (TPSA) is 72.6 Å². The zero-order valence-electron chi connectivity index (χ0n) is 17.5. The van der Waals surface area contributed by atoms with E-state index >= 15 is 0 Å². The monoisotopic (exact) mass is 417 g/mol. The van der Waals surface area contributed by atoms with Crippen LogP contribution >= 0.6 is 0 Å². The first kappa shape index (κ1) is 19.3. The van der Waals surface area contributed by atoms with Gasteiger partial charge in [0.1, 0.15) is 11.4 Å². The van der Waals surface area contributed by atoms with Crippen LogP contribution in [0.15, 0.2) is 59.5 Å². The summed E-state index contributed by atoms with van der Waals surface area (Å²) in [5.41, 5.74) is 2.11. The maximum atomic E-state index is 13.3. The van der Waals surface area contributed by atoms with Gasteiger partial charge >= 0.3 is 6.03 Å². The summed E-state index contributed by atoms with van der Waals surface area (Å²) in [6, 6.07) is 14.6. The first-order chi connectivity index (χ1) is 15.1. The Morgan fingerprint density at radius 2 is 1.71 bits per heavy atom. The Hall–Kier alpha value is -3.65. The Morgan fingerprint density at radius 1 is 1.00 bits per heavy atom. The number of pyridine rings is 1. The van der Waals surface area contributed by atoms with Crippen molar-refractivity contribution in [3.05, 3.63) is 65.1 Å². The van der Waals surface area contributed by atoms with Gasteiger partial charge in [0.05, 0.1) is 23.9 Å². The Morgan fingerprint density at radius 3 is 2.42 bits per heavy atom. The summed E-state index contributed by atoms with van der Waals surface area (Å²) < 4.78 is 8.17. The molecule has 1 saturated heterocycles. The van der Waals surface area contributed by atoms with E-state index in [1.807, 2.05) is 36.2 Å². The van der Waals surface area contributed by atoms with Crippen molar-refractivity contribution in [1.82, 2.24) is 24.1 Å². The zero-order chi connectivity index (χ0) is 21.5. The molecule has 0 spiro atoms. The lowest BCUT2D eigenvalue weighted by Crippen LogP contribution is -2.48. The van der Waals surface area contributed by atoms with Crippen LogP contribution in [0.1, 0.15) is 0 Å². The molecular weight excluding hydrogens is 394 g/mol. The number of nitrogens with zero attached hydrogens (tertiary/aromatic N) is 5. The number of aromatic nitrogens is 3. The number of para-hydroxylation sites is 1. The Kier molecular flexibility index (Phi) is 4.71. The molecule has 31 heavy (non-hydrogen) atoms. The number of rotatable bonds is 2. The van der Waals surface area contributed by atoms with Gasteiger partial charge in [-0.05, 0) is 37.4 Å². The van der Waals surface area contributed by atoms with Gasteiger partial charge in [-0.2, -0.15) is 9.78 Å². The predicted molar refractivity (Wildman–Crippen MR) is 118 cm³/mol. The number of piperazine rings is 1. The van der Waals surface area contributed by atoms with E-state index in [1.54, 1.807) is 42.1 Å². The van der Waals surface area contributed by atoms with Crippen LogP contribution in [-0.2, 0) is 0 Å². The quantitative estimate of drug-likeness (QED) is 0.501. The fourth-order valence-corrected chi connectivity index (χ4v) is 4.02. The van der Waals surface area contributed by atoms with Crippen LogP contribution in [-0.4, -0.2) is 70.5 Å². The second-order valence-corrected chi connectivity index (χ2v) is 7.77. The summed E-state index contributed by atoms with van der Waals surface area (Å²) in [6.45, 7) is 2.97. The fourth-order valence-electron chi connectivity index (χ4n) is 4.02. The second-order valence-electron chi connectivity index (χ2n) is 7.77. The Bertz CT molecular complexity index is 1280. The molecule has 5 rings (SSSR count). The number of likely N-dealkylation sites (N-methyl/N-ethyl adjacent to an activating group) is 1. The van der Waals surface area contributed by atoms with E-state index in [0.717, 1.165) is 24.0 Å². The minimum absolute atomic E-state index is 0.122. The van der Waals surface area contributed by atoms with E-state index in [1.165, 1.54) is 4.68 Å². The van der Waals surface area contributed by atoms with Gasteiger partial charge in [-0.1, -0.05) is 18.2 Å². The highest BCUT2D eigenvalue weighted by Crippen LogP contribution is 2.28. The number of benzene rings is 2. The third-order valence-electron chi connectivity index (χ3n) is 5.85. The molecule has 0 N–H and O–H groups in total. The molecule has 0 aliphatic carbocycles. The van der Waals surface area contributed by atoms with Crippen LogP contribution in [0.4, 0.5) is 4.79 Å². The summed E-state index contributed by atoms with van der Waals surface area (Å²) in [5.74, 6) is 0.703. The van der Waals surface area contributed by atoms with Gasteiger partial charge in [-0.15, -0.1) is 0 Å². The second kappa shape index (κ2) is 7.55. The summed E-state index contributed by atoms with van der Waals surface area (Å²) in [7, 11) is 3.65. The normalized spacial score (nSPS) is 15.0. The van der Waals surface area contributed by atoms with Crippen LogP contribution in [0.3, 0.4) is 0 Å². The minimum Gasteiger partial charge on any atom is -0.497 e. The van der Waals surface area contributed by atoms with Crippen molar-refractivity contribution >= 4 is 16.9 Å². The molecule has 0 aromatic heterocycles. The highest BCUT2D eigenvalue weighted by molar-refractivity contribution is 5.99. The van der Waals surface area contributed by atoms with E-state index in [2.05, 4.69) is 10.00 Å². The molecule has 0 unspecified atom stereocenters. The van der Waals surface area contributed by atoms with E-state index in [-0.39, 0.29) is 11.6 Å². The molecule has 8 nitrogen and oxygen atoms in total. The summed E-state index contributed by atoms with van der Waals surface area (Å²) in [4.78, 5) is 30.6. The van der Waals surface area contributed by atoms with Crippen molar-refractivity contribution in [2.24, 2.45) is 0 Å². The van der Waals surface area contributed by atoms with Gasteiger partial charge in [0, 0.05) is 37.8 Å². The van der Waals surface area contributed by atoms with Crippen LogP contribution in [0.25, 0.3) is 27.8 Å². The van der Waals surface area contributed by atoms with E-state index in [4.69, 9.17) is 4.74 Å². The van der Waals surface area contributed by atoms with Gasteiger partial charge in [0.25, 0.3) is 5.56 Å². The predicted octanol–water partition coefficient (Wildman–Crippen LogP) is 2.52. The van der Waals surface area contributed by atoms with Gasteiger partial charge < -0.3 is 14.5 Å². The third kappa shape index (κ3) is 3.25. The molecule has 3 aliphatic rings. The molecule has 158 valence electrons. The lowest BCUT2D eigenvalue weighted by Gasteiger charge is -2.33. The molecule has 3 aliphatic heterocycles. The van der Waals surface area contributed by atoms with E-state index in [9.17, 15) is 9.59 Å². The molecule has 0 atom stereocenters. The Labute approximate surface area is 179 Å². The van der Waals surface area contributed by atoms with Crippen molar-refractivity contribution in [2.45, 2.75) is 0 Å². The van der Waals surface area contributed by atoms with Crippen LogP contribution in [0, 0.1) is 0 Å². The van der Waals surface area contributed by atoms with Gasteiger partial charge in [-0.3, -0.25) is 9.36 Å². The van der Waals surface area contributed by atoms with Crippen molar-refractivity contribution in [2.75, 3.05) is 40.3 Å². The first-order valence-electron chi connectivity index (χ1n) is 10.2. The summed E-state index contributed by atoms with van der Waals surface area (Å²) in [6.07, 6.45) is 1.63. The maximum absolute atomic E-state index is 13.3. The number of amides is 1. The van der Waals surface area contributed by atoms with Crippen molar-refractivity contribution < 1.29 is 9.53 Å². The van der Waals surface area contributed by atoms with Gasteiger partial charge in [0.2, 0.25) is 0 Å². The van der Waals surface area contributed by atoms with Crippen molar-refractivity contribution in [1.29, 1.82) is 0 Å². The summed E-state index contributed by atoms with van der Waals surface area (Å²) in [5, 5.41) is 5.38. The molecule has 2 aromatic carbocycles. The number of hydrogen-bond acceptors (Lipinski definition) is 5. The number of hydrogen-bond donors (Lipinski definition) is 0. The standard InChI is InChI=1S/C23H23N5O3/c1-25-11-13-26(14-12-25)23(30)27-15-19-21(18-5-3-4-6-20(18)27)24-28(22(19)29)16-7-9-17(31-2)10-8-16/h3-10,15H,11-14H2,1-2H3. The molecular formula is C23H23N5O3. The van der Waals surface area contributed by atoms with Crippen LogP contribution in [0.2, 0.25) is 0 Å². The van der Waals surface area contributed by atoms with Gasteiger partial charge in [0.15, 0.2) is 0 Å². The largest absolute Gasteiger partial charge is 0.497 e. The molecule has 0 radical (unpaired) electrons. The molecule has 0 bridgehead atoms. The highest BCUT2D eigenvalue weighted by Gasteiger charge is 2.26. The zero-order valence-corrected chi connectivity index (χ0v) is 17.5. The van der Waals surface area contributed by atoms with Crippen molar-refractivity contribution in [3.63, 3.8) is 0 Å². The fraction of sp³-hybridized carbons (Fsp3) is 0.261. The summed E-state index contributed by atoms with van der Waals surface area (Å²) >= 11 is 0. The number of carbonyl (C=O) groups excluding carboxylic acids is 1. The molecule has 8 heteroatoms. The maximum Gasteiger partial charge on any atom is 0.328 e. The van der Waals surface area contributed by atoms with Crippen LogP contribution in [0.5, 0.6) is 5.75 Å². The third-order valence-corrected chi connectivity index (χ3v) is 5.85. The molecule has 3 heterocycles. The average Bonchev–Trinajstić information content (AvgIpc) is 3.15. The average molecular weight is 417 g/mol. The highest BCUT2D eigenvalue weighted by atomic mass is 16.5. The lowest BCUT2D eigenvalue weighted by molar-refractivity contribution is 0.156. The van der Waals surface area contributed by atoms with E-state index < -0.39 is 0 Å². The van der Waals surface area contributed by atoms with Crippen LogP contribution < -0.4 is 10.3 Å². The first-order valence-corrected chi connectivity index (χ1v) is 10.2. The Balaban J connectivity index is 1.67. The lowest BCUT2D eigenvalue weighted by atomic mass is 10.1. The number of methoxy groups -OCH3 is 1. The molecule has 2 aromatic rings. The van der Waals surface area contributed by atoms with E-state index in [0.29, 0.717) is 35.8 Å². The van der Waals surface area contributed by atoms with Gasteiger partial charge in [-0.25, -0.2) is 4.79 Å². The molecule has 0 saturated carbocycles. The molecule has 1 amide bonds. The number of ether oxygens (including phenoxy) is 1. The minimum atomic E-state index is -0.258. The number of carbonyl (C=O) groups is 1.